The van der Waals surface area contributed by atoms with Gasteiger partial charge in [-0.2, -0.15) is 10.5 Å². The van der Waals surface area contributed by atoms with E-state index in [1.54, 1.807) is 28.1 Å². The molecule has 0 radical (unpaired) electrons. The summed E-state index contributed by atoms with van der Waals surface area (Å²) in [7, 11) is 0. The van der Waals surface area contributed by atoms with E-state index in [0.717, 1.165) is 49.7 Å². The van der Waals surface area contributed by atoms with Crippen LogP contribution in [-0.2, 0) is 51.7 Å². The quantitative estimate of drug-likeness (QED) is 0.116. The summed E-state index contributed by atoms with van der Waals surface area (Å²) >= 11 is 0. The van der Waals surface area contributed by atoms with Crippen molar-refractivity contribution in [1.29, 1.82) is 10.5 Å². The molecule has 3 atom stereocenters. The summed E-state index contributed by atoms with van der Waals surface area (Å²) < 4.78 is 17.7. The molecule has 6 heterocycles. The number of carbonyl (C=O) groups excluding carboxylic acids is 3. The molecule has 2 N–H and O–H groups in total. The molecule has 3 aromatic heterocycles. The maximum atomic E-state index is 13.7. The fourth-order valence-electron chi connectivity index (χ4n) is 16.5. The van der Waals surface area contributed by atoms with Gasteiger partial charge in [-0.25, -0.2) is 0 Å². The third-order valence-electron chi connectivity index (χ3n) is 21.3. The number of carbonyl (C=O) groups is 3. The molecule has 3 aliphatic heterocycles. The van der Waals surface area contributed by atoms with E-state index >= 15 is 0 Å². The highest BCUT2D eigenvalue weighted by Crippen LogP contribution is 2.48. The molecule has 0 saturated heterocycles. The Morgan fingerprint density at radius 2 is 0.683 bits per heavy atom. The van der Waals surface area contributed by atoms with Crippen LogP contribution < -0.4 is 31.1 Å². The number of hydrogen-bond donors (Lipinski definition) is 2. The number of rotatable bonds is 11. The molecule has 17 rings (SSSR count). The lowest BCUT2D eigenvalue weighted by atomic mass is 9.81. The number of amides is 3. The zero-order valence-corrected chi connectivity index (χ0v) is 57.1. The fraction of sp³-hybridized carbons (Fsp3) is 0.218. The predicted molar refractivity (Wildman–Crippen MR) is 394 cm³/mol. The van der Waals surface area contributed by atoms with E-state index in [9.17, 15) is 44.4 Å². The van der Waals surface area contributed by atoms with Crippen molar-refractivity contribution in [2.24, 2.45) is 0 Å². The summed E-state index contributed by atoms with van der Waals surface area (Å²) in [6.45, 7) is 1.36. The van der Waals surface area contributed by atoms with Crippen LogP contribution in [0.4, 0.5) is 0 Å². The first-order valence-electron chi connectivity index (χ1n) is 35.3. The summed E-state index contributed by atoms with van der Waals surface area (Å²) in [5.41, 5.74) is 16.1. The van der Waals surface area contributed by atoms with Crippen molar-refractivity contribution in [3.05, 3.63) is 369 Å². The monoisotopic (exact) mass is 1370 g/mol. The first-order valence-corrected chi connectivity index (χ1v) is 35.3. The third-order valence-corrected chi connectivity index (χ3v) is 21.3. The van der Waals surface area contributed by atoms with Gasteiger partial charge in [0.05, 0.1) is 30.3 Å². The standard InChI is InChI=1S/C32H27N3O3.C30H26N2O3.C25H21N3O3/c33-17-19-34-20-27(29-25-12-6-4-10-23(25)14-15-24-11-5-7-13-26(24)29)35-18-16-28(36)31(30(35)32(34)37)38-21-22-8-2-1-3-9-22;33-26-16-17-32-25(18-31-30(34)28(32)29(26)35-19-20-8-2-1-3-9-20)27-23-12-6-4-10-21(23)14-15-22-11-5-7-13-24(22)27;26-12-14-27-15-20(28-13-11-21(29)24(30)23(28)25(27)31)22-18-7-3-1-5-16(18)9-10-17-6-2-4-8-19(17)22/h1-13,16,18,27,29H,14-15,19-21H2;1-13,16-17,25,27H,14-15,18-19H2,(H,31,34);1-8,11,13,20,22,30H,9-10,14-15H2. The van der Waals surface area contributed by atoms with Crippen molar-refractivity contribution >= 4 is 17.7 Å². The van der Waals surface area contributed by atoms with E-state index in [1.165, 1.54) is 89.9 Å². The van der Waals surface area contributed by atoms with Gasteiger partial charge in [0.2, 0.25) is 16.3 Å². The number of aryl methyl sites for hydroxylation is 6. The van der Waals surface area contributed by atoms with Gasteiger partial charge in [0.15, 0.2) is 34.3 Å². The minimum atomic E-state index is -0.598. The molecule has 6 aliphatic rings. The second kappa shape index (κ2) is 29.5. The van der Waals surface area contributed by atoms with E-state index in [-0.39, 0.29) is 108 Å². The Labute approximate surface area is 601 Å². The van der Waals surface area contributed by atoms with Gasteiger partial charge in [-0.05, 0) is 116 Å². The SMILES string of the molecule is N#CCN1CC(C2c3ccccc3CCc3ccccc32)n2ccc(=O)c(O)c2C1=O.N#CCN1CC(C2c3ccccc3CCc3ccccc32)n2ccc(=O)c(OCc3ccccc3)c2C1=O.O=C1NCC(C2c3ccccc3CCc3ccccc32)n2ccc(=O)c(OCc3ccccc3)c21. The summed E-state index contributed by atoms with van der Waals surface area (Å²) in [5.74, 6) is -1.69. The van der Waals surface area contributed by atoms with Gasteiger partial charge in [0.1, 0.15) is 26.3 Å². The molecule has 3 aliphatic carbocycles. The van der Waals surface area contributed by atoms with Crippen LogP contribution in [0.1, 0.15) is 145 Å². The second-order valence-corrected chi connectivity index (χ2v) is 27.1. The molecule has 17 heteroatoms. The van der Waals surface area contributed by atoms with Crippen molar-refractivity contribution in [2.45, 2.75) is 87.6 Å². The lowest BCUT2D eigenvalue weighted by molar-refractivity contribution is 0.0668. The zero-order valence-electron chi connectivity index (χ0n) is 57.1. The summed E-state index contributed by atoms with van der Waals surface area (Å²) in [6, 6.07) is 77.9. The minimum absolute atomic E-state index is 0.0317. The maximum absolute atomic E-state index is 13.7. The van der Waals surface area contributed by atoms with Crippen LogP contribution in [0.2, 0.25) is 0 Å². The number of fused-ring (bicyclic) bond motifs is 9. The Morgan fingerprint density at radius 3 is 1.06 bits per heavy atom. The van der Waals surface area contributed by atoms with Crippen LogP contribution in [0.25, 0.3) is 0 Å². The van der Waals surface area contributed by atoms with E-state index < -0.39 is 17.1 Å². The van der Waals surface area contributed by atoms with E-state index in [1.807, 2.05) is 100 Å². The largest absolute Gasteiger partial charge is 0.503 e. The van der Waals surface area contributed by atoms with Crippen LogP contribution >= 0.6 is 0 Å². The lowest BCUT2D eigenvalue weighted by Crippen LogP contribution is -2.46. The molecule has 8 aromatic carbocycles. The van der Waals surface area contributed by atoms with Gasteiger partial charge in [-0.15, -0.1) is 0 Å². The Balaban J connectivity index is 0.000000126. The van der Waals surface area contributed by atoms with E-state index in [0.29, 0.717) is 25.3 Å². The lowest BCUT2D eigenvalue weighted by Gasteiger charge is -2.40. The summed E-state index contributed by atoms with van der Waals surface area (Å²) in [4.78, 5) is 80.9. The molecule has 0 bridgehead atoms. The van der Waals surface area contributed by atoms with Crippen molar-refractivity contribution in [3.63, 3.8) is 0 Å². The van der Waals surface area contributed by atoms with Gasteiger partial charge < -0.3 is 43.4 Å². The first-order chi connectivity index (χ1) is 51.0. The fourth-order valence-corrected chi connectivity index (χ4v) is 16.5. The predicted octanol–water partition coefficient (Wildman–Crippen LogP) is 12.5. The smallest absolute Gasteiger partial charge is 0.275 e. The molecule has 3 unspecified atom stereocenters. The van der Waals surface area contributed by atoms with Crippen LogP contribution in [-0.4, -0.2) is 79.1 Å². The molecule has 0 spiro atoms. The Bertz CT molecular complexity index is 5260. The highest BCUT2D eigenvalue weighted by Gasteiger charge is 2.44. The minimum Gasteiger partial charge on any atom is -0.503 e. The number of nitrogens with one attached hydrogen (secondary N) is 1. The molecule has 104 heavy (non-hydrogen) atoms. The first kappa shape index (κ1) is 67.2. The molecular formula is C87H74N8O9. The van der Waals surface area contributed by atoms with Gasteiger partial charge >= 0.3 is 0 Å². The average molecular weight is 1380 g/mol. The Hall–Kier alpha value is -12.6. The van der Waals surface area contributed by atoms with Crippen molar-refractivity contribution < 1.29 is 29.0 Å². The number of benzene rings is 8. The van der Waals surface area contributed by atoms with Gasteiger partial charge in [-0.1, -0.05) is 206 Å². The van der Waals surface area contributed by atoms with Crippen LogP contribution in [0.15, 0.2) is 257 Å². The summed E-state index contributed by atoms with van der Waals surface area (Å²) in [5, 5.41) is 32.4. The molecule has 11 aromatic rings. The summed E-state index contributed by atoms with van der Waals surface area (Å²) in [6.07, 6.45) is 10.7. The number of nitrogens with zero attached hydrogens (tertiary/aromatic N) is 7. The molecule has 17 nitrogen and oxygen atoms in total. The Kier molecular flexibility index (Phi) is 19.1. The average Bonchev–Trinajstić information content (AvgIpc) is 1.14. The molecule has 516 valence electrons. The molecular weight excluding hydrogens is 1300 g/mol. The van der Waals surface area contributed by atoms with Gasteiger partial charge in [0, 0.05) is 74.2 Å². The van der Waals surface area contributed by atoms with Crippen molar-refractivity contribution in [2.75, 3.05) is 32.7 Å². The van der Waals surface area contributed by atoms with E-state index in [2.05, 4.69) is 133 Å². The molecule has 0 fully saturated rings. The van der Waals surface area contributed by atoms with Gasteiger partial charge in [-0.3, -0.25) is 28.8 Å². The number of aromatic hydroxyl groups is 1. The van der Waals surface area contributed by atoms with E-state index in [4.69, 9.17) is 9.47 Å². The Morgan fingerprint density at radius 1 is 0.375 bits per heavy atom. The van der Waals surface area contributed by atoms with Crippen molar-refractivity contribution in [3.8, 4) is 29.4 Å². The number of pyridine rings is 3. The zero-order chi connectivity index (χ0) is 71.4. The number of aromatic nitrogens is 3. The number of ether oxygens (including phenoxy) is 2. The van der Waals surface area contributed by atoms with Crippen molar-refractivity contribution in [1.82, 2.24) is 28.8 Å². The third kappa shape index (κ3) is 12.9. The second-order valence-electron chi connectivity index (χ2n) is 27.1. The number of nitriles is 2. The normalized spacial score (nSPS) is 17.1. The van der Waals surface area contributed by atoms with Crippen LogP contribution in [0.3, 0.4) is 0 Å². The maximum Gasteiger partial charge on any atom is 0.275 e. The highest BCUT2D eigenvalue weighted by molar-refractivity contribution is 5.97. The van der Waals surface area contributed by atoms with Crippen LogP contribution in [0.5, 0.6) is 17.2 Å². The molecule has 0 saturated carbocycles. The topological polar surface area (TPSA) is 222 Å². The molecule has 3 amide bonds. The van der Waals surface area contributed by atoms with Gasteiger partial charge in [0.25, 0.3) is 17.7 Å². The van der Waals surface area contributed by atoms with Crippen LogP contribution in [0, 0.1) is 22.7 Å². The number of hydrogen-bond acceptors (Lipinski definition) is 11. The highest BCUT2D eigenvalue weighted by atomic mass is 16.5.